The largest absolute Gasteiger partial charge is 0.340 e. The summed E-state index contributed by atoms with van der Waals surface area (Å²) in [5, 5.41) is 6.00. The fraction of sp³-hybridized carbons (Fsp3) is 0.308. The Labute approximate surface area is 184 Å². The summed E-state index contributed by atoms with van der Waals surface area (Å²) < 4.78 is 0. The third-order valence-corrected chi connectivity index (χ3v) is 5.38. The van der Waals surface area contributed by atoms with Gasteiger partial charge < -0.3 is 15.5 Å². The molecule has 1 aliphatic carbocycles. The monoisotopic (exact) mass is 417 g/mol. The van der Waals surface area contributed by atoms with Crippen molar-refractivity contribution >= 4 is 11.8 Å². The average Bonchev–Trinajstić information content (AvgIpc) is 2.85. The van der Waals surface area contributed by atoms with E-state index in [2.05, 4.69) is 22.1 Å². The highest BCUT2D eigenvalue weighted by Crippen LogP contribution is 2.13. The minimum atomic E-state index is -0.667. The van der Waals surface area contributed by atoms with Gasteiger partial charge in [0, 0.05) is 30.8 Å². The topological polar surface area (TPSA) is 61.4 Å². The number of carbonyl (C=O) groups is 2. The van der Waals surface area contributed by atoms with E-state index in [1.54, 1.807) is 0 Å². The lowest BCUT2D eigenvalue weighted by Crippen LogP contribution is -2.49. The van der Waals surface area contributed by atoms with Crippen molar-refractivity contribution < 1.29 is 9.59 Å². The first-order valence-corrected chi connectivity index (χ1v) is 10.8. The molecule has 3 rings (SSSR count). The Morgan fingerprint density at radius 2 is 1.94 bits per heavy atom. The van der Waals surface area contributed by atoms with Crippen molar-refractivity contribution in [3.05, 3.63) is 95.8 Å². The van der Waals surface area contributed by atoms with Crippen LogP contribution in [0.5, 0.6) is 0 Å². The Kier molecular flexibility index (Phi) is 8.19. The molecule has 1 heterocycles. The zero-order valence-corrected chi connectivity index (χ0v) is 18.1. The number of nitrogens with one attached hydrogen (secondary N) is 2. The van der Waals surface area contributed by atoms with Gasteiger partial charge >= 0.3 is 0 Å². The van der Waals surface area contributed by atoms with Crippen molar-refractivity contribution in [3.63, 3.8) is 0 Å². The van der Waals surface area contributed by atoms with E-state index >= 15 is 0 Å². The predicted octanol–water partition coefficient (Wildman–Crippen LogP) is 3.44. The molecule has 0 aromatic heterocycles. The summed E-state index contributed by atoms with van der Waals surface area (Å²) in [5.74, 6) is -0.396. The second kappa shape index (κ2) is 11.3. The van der Waals surface area contributed by atoms with Gasteiger partial charge in [0.05, 0.1) is 0 Å². The molecule has 0 spiro atoms. The number of likely N-dealkylation sites (N-methyl/N-ethyl adjacent to an activating group) is 1. The normalized spacial score (nSPS) is 20.9. The number of nitrogens with zero attached hydrogens (tertiary/aromatic N) is 1. The van der Waals surface area contributed by atoms with Crippen LogP contribution < -0.4 is 10.6 Å². The molecule has 1 unspecified atom stereocenters. The second-order valence-corrected chi connectivity index (χ2v) is 8.06. The molecule has 5 nitrogen and oxygen atoms in total. The molecule has 0 radical (unpaired) electrons. The molecule has 31 heavy (non-hydrogen) atoms. The van der Waals surface area contributed by atoms with Crippen LogP contribution in [0.4, 0.5) is 0 Å². The molecule has 0 bridgehead atoms. The summed E-state index contributed by atoms with van der Waals surface area (Å²) in [5.41, 5.74) is 3.55. The number of hydrogen-bond donors (Lipinski definition) is 2. The van der Waals surface area contributed by atoms with Crippen molar-refractivity contribution in [1.82, 2.24) is 15.5 Å². The molecule has 2 aliphatic rings. The Morgan fingerprint density at radius 3 is 2.68 bits per heavy atom. The lowest BCUT2D eigenvalue weighted by Gasteiger charge is -2.23. The summed E-state index contributed by atoms with van der Waals surface area (Å²) in [4.78, 5) is 28.2. The van der Waals surface area contributed by atoms with Crippen molar-refractivity contribution in [1.29, 1.82) is 0 Å². The molecule has 0 saturated carbocycles. The van der Waals surface area contributed by atoms with E-state index in [4.69, 9.17) is 0 Å². The van der Waals surface area contributed by atoms with Crippen LogP contribution in [0.25, 0.3) is 0 Å². The van der Waals surface area contributed by atoms with Gasteiger partial charge in [-0.1, -0.05) is 72.9 Å². The molecular weight excluding hydrogens is 386 g/mol. The average molecular weight is 418 g/mol. The zero-order chi connectivity index (χ0) is 22.1. The summed E-state index contributed by atoms with van der Waals surface area (Å²) in [6.45, 7) is 5.52. The first-order chi connectivity index (χ1) is 15.0. The second-order valence-electron chi connectivity index (χ2n) is 8.06. The Hall–Kier alpha value is -3.18. The maximum Gasteiger partial charge on any atom is 0.247 e. The van der Waals surface area contributed by atoms with Crippen LogP contribution in [0.15, 0.2) is 90.2 Å². The first-order valence-electron chi connectivity index (χ1n) is 10.8. The van der Waals surface area contributed by atoms with Gasteiger partial charge in [0.1, 0.15) is 6.04 Å². The summed E-state index contributed by atoms with van der Waals surface area (Å²) in [6.07, 6.45) is 14.4. The van der Waals surface area contributed by atoms with Gasteiger partial charge in [-0.05, 0) is 37.9 Å². The smallest absolute Gasteiger partial charge is 0.247 e. The van der Waals surface area contributed by atoms with E-state index in [0.29, 0.717) is 25.0 Å². The summed E-state index contributed by atoms with van der Waals surface area (Å²) >= 11 is 0. The SMILES string of the molecule is C=C1/C=C\C=C(\NC(=O)C(Cc2ccccc2)NC(=O)C2=CC=CCC2)CN(C)CC1. The number of amides is 2. The fourth-order valence-corrected chi connectivity index (χ4v) is 3.57. The minimum absolute atomic E-state index is 0.183. The fourth-order valence-electron chi connectivity index (χ4n) is 3.57. The minimum Gasteiger partial charge on any atom is -0.340 e. The third-order valence-electron chi connectivity index (χ3n) is 5.38. The standard InChI is InChI=1S/C26H31N3O2/c1-20-10-9-15-23(19-29(2)17-16-20)27-26(31)24(18-21-11-5-3-6-12-21)28-25(30)22-13-7-4-8-14-22/h3-7,9-13,15,24H,1,8,14,16-19H2,2H3,(H,27,31)(H,28,30)/b10-9-,23-15+. The number of carbonyl (C=O) groups excluding carboxylic acids is 2. The molecule has 2 amide bonds. The van der Waals surface area contributed by atoms with Crippen LogP contribution in [-0.2, 0) is 16.0 Å². The third kappa shape index (κ3) is 7.23. The Morgan fingerprint density at radius 1 is 1.13 bits per heavy atom. The number of rotatable bonds is 6. The van der Waals surface area contributed by atoms with Gasteiger partial charge in [-0.25, -0.2) is 0 Å². The number of hydrogen-bond acceptors (Lipinski definition) is 3. The van der Waals surface area contributed by atoms with E-state index < -0.39 is 6.04 Å². The van der Waals surface area contributed by atoms with E-state index in [9.17, 15) is 9.59 Å². The number of benzene rings is 1. The van der Waals surface area contributed by atoms with Crippen molar-refractivity contribution in [2.75, 3.05) is 20.1 Å². The van der Waals surface area contributed by atoms with Crippen LogP contribution in [0, 0.1) is 0 Å². The Balaban J connectivity index is 1.75. The molecule has 162 valence electrons. The molecule has 5 heteroatoms. The zero-order valence-electron chi connectivity index (χ0n) is 18.1. The predicted molar refractivity (Wildman–Crippen MR) is 125 cm³/mol. The van der Waals surface area contributed by atoms with Gasteiger partial charge in [-0.2, -0.15) is 0 Å². The first kappa shape index (κ1) is 22.5. The molecule has 1 aromatic rings. The lowest BCUT2D eigenvalue weighted by atomic mass is 10.0. The molecule has 1 aromatic carbocycles. The van der Waals surface area contributed by atoms with Crippen LogP contribution >= 0.6 is 0 Å². The van der Waals surface area contributed by atoms with Gasteiger partial charge in [-0.3, -0.25) is 9.59 Å². The Bertz CT molecular complexity index is 925. The molecule has 2 N–H and O–H groups in total. The summed E-state index contributed by atoms with van der Waals surface area (Å²) in [7, 11) is 2.02. The molecule has 0 saturated heterocycles. The van der Waals surface area contributed by atoms with E-state index in [-0.39, 0.29) is 11.8 Å². The van der Waals surface area contributed by atoms with Gasteiger partial charge in [0.2, 0.25) is 11.8 Å². The highest BCUT2D eigenvalue weighted by atomic mass is 16.2. The van der Waals surface area contributed by atoms with Gasteiger partial charge in [-0.15, -0.1) is 0 Å². The van der Waals surface area contributed by atoms with Crippen LogP contribution in [0.2, 0.25) is 0 Å². The highest BCUT2D eigenvalue weighted by molar-refractivity contribution is 5.97. The van der Waals surface area contributed by atoms with Crippen molar-refractivity contribution in [2.24, 2.45) is 0 Å². The van der Waals surface area contributed by atoms with E-state index in [1.165, 1.54) is 0 Å². The molecule has 1 atom stereocenters. The van der Waals surface area contributed by atoms with Crippen LogP contribution in [0.3, 0.4) is 0 Å². The molecule has 1 aliphatic heterocycles. The van der Waals surface area contributed by atoms with E-state index in [0.717, 1.165) is 36.2 Å². The number of allylic oxidation sites excluding steroid dienone is 6. The van der Waals surface area contributed by atoms with Gasteiger partial charge in [0.15, 0.2) is 0 Å². The van der Waals surface area contributed by atoms with Crippen LogP contribution in [0.1, 0.15) is 24.8 Å². The van der Waals surface area contributed by atoms with Crippen molar-refractivity contribution in [3.8, 4) is 0 Å². The van der Waals surface area contributed by atoms with Crippen LogP contribution in [-0.4, -0.2) is 42.9 Å². The highest BCUT2D eigenvalue weighted by Gasteiger charge is 2.24. The van der Waals surface area contributed by atoms with Crippen molar-refractivity contribution in [2.45, 2.75) is 31.7 Å². The quantitative estimate of drug-likeness (QED) is 0.745. The summed E-state index contributed by atoms with van der Waals surface area (Å²) in [6, 6.07) is 9.09. The van der Waals surface area contributed by atoms with E-state index in [1.807, 2.05) is 73.8 Å². The van der Waals surface area contributed by atoms with Gasteiger partial charge in [0.25, 0.3) is 0 Å². The maximum atomic E-state index is 13.2. The lowest BCUT2D eigenvalue weighted by molar-refractivity contribution is -0.127. The maximum absolute atomic E-state index is 13.2. The molecule has 0 fully saturated rings. The molecular formula is C26H31N3O2.